The number of nitrogen functional groups attached to an aromatic ring is 1. The molecule has 21 heavy (non-hydrogen) atoms. The van der Waals surface area contributed by atoms with E-state index >= 15 is 0 Å². The predicted molar refractivity (Wildman–Crippen MR) is 82.2 cm³/mol. The highest BCUT2D eigenvalue weighted by Crippen LogP contribution is 2.22. The molecule has 1 heterocycles. The van der Waals surface area contributed by atoms with Gasteiger partial charge in [0.1, 0.15) is 6.61 Å². The first kappa shape index (κ1) is 14.9. The van der Waals surface area contributed by atoms with Crippen molar-refractivity contribution in [3.05, 3.63) is 41.2 Å². The lowest BCUT2D eigenvalue weighted by Gasteiger charge is -2.17. The van der Waals surface area contributed by atoms with E-state index in [4.69, 9.17) is 10.5 Å². The minimum absolute atomic E-state index is 0.178. The molecule has 0 aliphatic carbocycles. The quantitative estimate of drug-likeness (QED) is 0.685. The Labute approximate surface area is 124 Å². The molecule has 2 aromatic rings. The van der Waals surface area contributed by atoms with Crippen molar-refractivity contribution in [3.8, 4) is 0 Å². The molecule has 0 aliphatic heterocycles. The average Bonchev–Trinajstić information content (AvgIpc) is 2.73. The van der Waals surface area contributed by atoms with Gasteiger partial charge in [0.15, 0.2) is 0 Å². The second-order valence-corrected chi connectivity index (χ2v) is 5.15. The summed E-state index contributed by atoms with van der Waals surface area (Å²) < 4.78 is 7.08. The fourth-order valence-electron chi connectivity index (χ4n) is 2.12. The lowest BCUT2D eigenvalue weighted by Crippen LogP contribution is -2.16. The van der Waals surface area contributed by atoms with E-state index in [1.165, 1.54) is 0 Å². The fraction of sp³-hybridized carbons (Fsp3) is 0.333. The van der Waals surface area contributed by atoms with Crippen molar-refractivity contribution in [2.24, 2.45) is 7.05 Å². The Morgan fingerprint density at radius 1 is 1.38 bits per heavy atom. The van der Waals surface area contributed by atoms with Gasteiger partial charge in [-0.25, -0.2) is 4.79 Å². The Morgan fingerprint density at radius 2 is 2.10 bits per heavy atom. The number of benzene rings is 1. The molecule has 6 nitrogen and oxygen atoms in total. The number of aryl methyl sites for hydroxylation is 2. The molecule has 0 spiro atoms. The third-order valence-corrected chi connectivity index (χ3v) is 3.17. The van der Waals surface area contributed by atoms with Crippen LogP contribution in [0.25, 0.3) is 0 Å². The van der Waals surface area contributed by atoms with Gasteiger partial charge in [-0.3, -0.25) is 4.68 Å². The van der Waals surface area contributed by atoms with E-state index in [1.54, 1.807) is 22.9 Å². The van der Waals surface area contributed by atoms with Gasteiger partial charge in [-0.1, -0.05) is 0 Å². The summed E-state index contributed by atoms with van der Waals surface area (Å²) in [7, 11) is 5.56. The topological polar surface area (TPSA) is 73.4 Å². The Morgan fingerprint density at radius 3 is 2.67 bits per heavy atom. The van der Waals surface area contributed by atoms with Crippen molar-refractivity contribution in [1.82, 2.24) is 9.78 Å². The minimum atomic E-state index is -0.398. The lowest BCUT2D eigenvalue weighted by molar-refractivity contribution is 0.0464. The van der Waals surface area contributed by atoms with Crippen LogP contribution in [0, 0.1) is 6.92 Å². The van der Waals surface area contributed by atoms with Crippen LogP contribution in [0.4, 0.5) is 11.4 Å². The summed E-state index contributed by atoms with van der Waals surface area (Å²) in [6, 6.07) is 7.09. The number of hydrogen-bond acceptors (Lipinski definition) is 5. The third kappa shape index (κ3) is 3.34. The maximum atomic E-state index is 12.3. The third-order valence-electron chi connectivity index (χ3n) is 3.17. The van der Waals surface area contributed by atoms with Crippen molar-refractivity contribution in [3.63, 3.8) is 0 Å². The normalized spacial score (nSPS) is 10.5. The number of ether oxygens (including phenoxy) is 1. The van der Waals surface area contributed by atoms with Crippen LogP contribution in [0.15, 0.2) is 24.3 Å². The zero-order chi connectivity index (χ0) is 15.6. The van der Waals surface area contributed by atoms with Crippen molar-refractivity contribution < 1.29 is 9.53 Å². The van der Waals surface area contributed by atoms with E-state index in [9.17, 15) is 4.79 Å². The molecule has 1 aromatic heterocycles. The van der Waals surface area contributed by atoms with Crippen molar-refractivity contribution >= 4 is 17.3 Å². The number of rotatable bonds is 4. The number of nitrogens with two attached hydrogens (primary N) is 1. The fourth-order valence-corrected chi connectivity index (χ4v) is 2.12. The molecule has 0 bridgehead atoms. The monoisotopic (exact) mass is 288 g/mol. The van der Waals surface area contributed by atoms with Crippen LogP contribution in [0.2, 0.25) is 0 Å². The molecule has 0 aliphatic rings. The first-order valence-electron chi connectivity index (χ1n) is 6.62. The molecule has 0 unspecified atom stereocenters. The molecule has 0 amide bonds. The highest BCUT2D eigenvalue weighted by molar-refractivity contribution is 5.96. The maximum Gasteiger partial charge on any atom is 0.340 e. The van der Waals surface area contributed by atoms with Gasteiger partial charge >= 0.3 is 5.97 Å². The molecule has 0 saturated carbocycles. The predicted octanol–water partition coefficient (Wildman–Crippen LogP) is 1.73. The van der Waals surface area contributed by atoms with E-state index in [1.807, 2.05) is 39.0 Å². The summed E-state index contributed by atoms with van der Waals surface area (Å²) in [4.78, 5) is 14.1. The zero-order valence-electron chi connectivity index (χ0n) is 12.8. The van der Waals surface area contributed by atoms with E-state index in [0.29, 0.717) is 11.3 Å². The van der Waals surface area contributed by atoms with E-state index in [-0.39, 0.29) is 6.61 Å². The van der Waals surface area contributed by atoms with Gasteiger partial charge in [0.25, 0.3) is 0 Å². The second-order valence-electron chi connectivity index (χ2n) is 5.15. The average molecular weight is 288 g/mol. The molecule has 0 atom stereocenters. The Balaban J connectivity index is 2.17. The van der Waals surface area contributed by atoms with Crippen molar-refractivity contribution in [1.29, 1.82) is 0 Å². The van der Waals surface area contributed by atoms with Crippen LogP contribution < -0.4 is 10.6 Å². The number of carbonyl (C=O) groups is 1. The Bertz CT molecular complexity index is 662. The van der Waals surface area contributed by atoms with Crippen LogP contribution in [0.3, 0.4) is 0 Å². The summed E-state index contributed by atoms with van der Waals surface area (Å²) in [5.74, 6) is -0.398. The van der Waals surface area contributed by atoms with Gasteiger partial charge in [-0.15, -0.1) is 0 Å². The van der Waals surface area contributed by atoms with Gasteiger partial charge in [0.05, 0.1) is 22.6 Å². The number of anilines is 2. The van der Waals surface area contributed by atoms with Crippen LogP contribution in [-0.2, 0) is 18.4 Å². The molecule has 2 N–H and O–H groups in total. The minimum Gasteiger partial charge on any atom is -0.456 e. The van der Waals surface area contributed by atoms with Gasteiger partial charge in [0, 0.05) is 26.8 Å². The molecule has 0 fully saturated rings. The Hall–Kier alpha value is -2.50. The summed E-state index contributed by atoms with van der Waals surface area (Å²) in [6.45, 7) is 2.07. The van der Waals surface area contributed by atoms with Crippen LogP contribution in [0.1, 0.15) is 21.7 Å². The standard InChI is InChI=1S/C15H20N4O2/c1-10-7-12(19(4)17-10)9-21-15(20)13-8-11(16)5-6-14(13)18(2)3/h5-8H,9,16H2,1-4H3. The zero-order valence-corrected chi connectivity index (χ0v) is 12.8. The molecule has 0 radical (unpaired) electrons. The van der Waals surface area contributed by atoms with E-state index in [2.05, 4.69) is 5.10 Å². The number of esters is 1. The number of carbonyl (C=O) groups excluding carboxylic acids is 1. The lowest BCUT2D eigenvalue weighted by atomic mass is 10.1. The molecule has 1 aromatic carbocycles. The van der Waals surface area contributed by atoms with Crippen molar-refractivity contribution in [2.75, 3.05) is 24.7 Å². The second kappa shape index (κ2) is 5.87. The molecule has 0 saturated heterocycles. The Kier molecular flexibility index (Phi) is 4.16. The summed E-state index contributed by atoms with van der Waals surface area (Å²) >= 11 is 0. The largest absolute Gasteiger partial charge is 0.456 e. The first-order valence-corrected chi connectivity index (χ1v) is 6.62. The highest BCUT2D eigenvalue weighted by atomic mass is 16.5. The van der Waals surface area contributed by atoms with E-state index < -0.39 is 5.97 Å². The molecule has 2 rings (SSSR count). The first-order chi connectivity index (χ1) is 9.88. The summed E-state index contributed by atoms with van der Waals surface area (Å²) in [5.41, 5.74) is 9.26. The number of aromatic nitrogens is 2. The van der Waals surface area contributed by atoms with Crippen LogP contribution >= 0.6 is 0 Å². The number of hydrogen-bond donors (Lipinski definition) is 1. The van der Waals surface area contributed by atoms with E-state index in [0.717, 1.165) is 17.1 Å². The summed E-state index contributed by atoms with van der Waals surface area (Å²) in [5, 5.41) is 4.22. The van der Waals surface area contributed by atoms with Gasteiger partial charge in [-0.2, -0.15) is 5.10 Å². The molecular weight excluding hydrogens is 268 g/mol. The SMILES string of the molecule is Cc1cc(COC(=O)c2cc(N)ccc2N(C)C)n(C)n1. The van der Waals surface area contributed by atoms with Gasteiger partial charge in [-0.05, 0) is 31.2 Å². The van der Waals surface area contributed by atoms with Gasteiger partial charge < -0.3 is 15.4 Å². The highest BCUT2D eigenvalue weighted by Gasteiger charge is 2.15. The van der Waals surface area contributed by atoms with Crippen LogP contribution in [0.5, 0.6) is 0 Å². The maximum absolute atomic E-state index is 12.3. The molecule has 112 valence electrons. The summed E-state index contributed by atoms with van der Waals surface area (Å²) in [6.07, 6.45) is 0. The van der Waals surface area contributed by atoms with Crippen LogP contribution in [-0.4, -0.2) is 29.8 Å². The molecule has 6 heteroatoms. The number of nitrogens with zero attached hydrogens (tertiary/aromatic N) is 3. The smallest absolute Gasteiger partial charge is 0.340 e. The van der Waals surface area contributed by atoms with Gasteiger partial charge in [0.2, 0.25) is 0 Å². The van der Waals surface area contributed by atoms with Crippen molar-refractivity contribution in [2.45, 2.75) is 13.5 Å². The molecular formula is C15H20N4O2.